The van der Waals surface area contributed by atoms with Crippen LogP contribution in [0.15, 0.2) is 0 Å². The summed E-state index contributed by atoms with van der Waals surface area (Å²) in [7, 11) is 7.69. The molecule has 3 saturated heterocycles. The molecule has 1 aliphatic carbocycles. The molecule has 3 heterocycles. The summed E-state index contributed by atoms with van der Waals surface area (Å²) in [6.07, 6.45) is 3.04. The lowest BCUT2D eigenvalue weighted by Gasteiger charge is -2.47. The van der Waals surface area contributed by atoms with E-state index in [0.29, 0.717) is 44.8 Å². The van der Waals surface area contributed by atoms with Crippen molar-refractivity contribution in [1.82, 2.24) is 20.4 Å². The van der Waals surface area contributed by atoms with E-state index in [1.165, 1.54) is 19.3 Å². The maximum atomic E-state index is 14.3. The third kappa shape index (κ3) is 8.63. The van der Waals surface area contributed by atoms with Crippen molar-refractivity contribution in [2.45, 2.75) is 153 Å². The summed E-state index contributed by atoms with van der Waals surface area (Å²) in [5, 5.41) is 18.4. The Kier molecular flexibility index (Phi) is 13.2. The molecule has 12 heteroatoms. The van der Waals surface area contributed by atoms with Gasteiger partial charge in [0, 0.05) is 44.2 Å². The largest absolute Gasteiger partial charge is 0.458 e. The lowest BCUT2D eigenvalue weighted by atomic mass is 9.69. The predicted molar refractivity (Wildman–Crippen MR) is 187 cm³/mol. The average molecular weight is 695 g/mol. The number of rotatable bonds is 8. The second kappa shape index (κ2) is 16.2. The summed E-state index contributed by atoms with van der Waals surface area (Å²) in [6.45, 7) is 14.8. The molecule has 4 aliphatic rings. The lowest BCUT2D eigenvalue weighted by Crippen LogP contribution is -2.60. The highest BCUT2D eigenvalue weighted by molar-refractivity contribution is 5.99. The smallest absolute Gasteiger partial charge is 0.408 e. The molecule has 0 bridgehead atoms. The van der Waals surface area contributed by atoms with Gasteiger partial charge in [-0.15, -0.1) is 0 Å². The Labute approximate surface area is 294 Å². The number of hydrogen-bond acceptors (Lipinski definition) is 11. The zero-order valence-electron chi connectivity index (χ0n) is 32.0. The number of methoxy groups -OCH3 is 1. The number of alkyl carbamates (subject to hydrolysis) is 1. The molecule has 1 amide bonds. The molecule has 1 saturated carbocycles. The van der Waals surface area contributed by atoms with E-state index in [1.54, 1.807) is 14.0 Å². The molecule has 0 radical (unpaired) electrons. The molecule has 3 aliphatic heterocycles. The maximum absolute atomic E-state index is 14.3. The van der Waals surface area contributed by atoms with E-state index in [-0.39, 0.29) is 35.8 Å². The maximum Gasteiger partial charge on any atom is 0.408 e. The molecule has 0 spiro atoms. The van der Waals surface area contributed by atoms with Gasteiger partial charge in [0.05, 0.1) is 30.0 Å². The lowest BCUT2D eigenvalue weighted by molar-refractivity contribution is -0.176. The number of amides is 1. The van der Waals surface area contributed by atoms with E-state index < -0.39 is 59.5 Å². The average Bonchev–Trinajstić information content (AvgIpc) is 3.34. The molecule has 0 aromatic carbocycles. The summed E-state index contributed by atoms with van der Waals surface area (Å²) in [5.74, 6) is -2.82. The Balaban J connectivity index is 1.69. The van der Waals surface area contributed by atoms with Gasteiger partial charge in [0.25, 0.3) is 0 Å². The molecule has 12 nitrogen and oxygen atoms in total. The SMILES string of the molecule is CC[C@H]1OC(=O)C(C)C(=O)[C@H](C)[C@@H](C[C@@H]2O[C@H](CNC3CCC3)C[C@H](N(C)C)[C@H]2O)[C@](C)(OC)C[C@@H](C)CN(C)[C@H](C)[C@H]2NC(=O)O[C@@]21C. The third-order valence-corrected chi connectivity index (χ3v) is 12.6. The number of esters is 1. The molecule has 49 heavy (non-hydrogen) atoms. The Morgan fingerprint density at radius 2 is 1.80 bits per heavy atom. The number of fused-ring (bicyclic) bond motifs is 1. The molecule has 4 fully saturated rings. The van der Waals surface area contributed by atoms with Gasteiger partial charge in [-0.3, -0.25) is 9.59 Å². The minimum atomic E-state index is -1.13. The van der Waals surface area contributed by atoms with E-state index >= 15 is 0 Å². The molecule has 13 atom stereocenters. The first-order chi connectivity index (χ1) is 22.9. The Bertz CT molecular complexity index is 1150. The second-order valence-electron chi connectivity index (χ2n) is 16.4. The van der Waals surface area contributed by atoms with Crippen LogP contribution in [0.5, 0.6) is 0 Å². The topological polar surface area (TPSA) is 139 Å². The molecule has 1 unspecified atom stereocenters. The minimum absolute atomic E-state index is 0.0825. The van der Waals surface area contributed by atoms with Crippen molar-refractivity contribution in [2.75, 3.05) is 41.3 Å². The Morgan fingerprint density at radius 1 is 1.12 bits per heavy atom. The molecule has 4 rings (SSSR count). The monoisotopic (exact) mass is 694 g/mol. The summed E-state index contributed by atoms with van der Waals surface area (Å²) < 4.78 is 25.0. The molecular formula is C37H66N4O8. The van der Waals surface area contributed by atoms with Crippen LogP contribution in [-0.4, -0.2) is 134 Å². The van der Waals surface area contributed by atoms with Crippen LogP contribution in [0.4, 0.5) is 4.79 Å². The number of ketones is 1. The van der Waals surface area contributed by atoms with Crippen molar-refractivity contribution in [2.24, 2.45) is 23.7 Å². The Hall–Kier alpha value is -1.83. The van der Waals surface area contributed by atoms with Gasteiger partial charge in [-0.2, -0.15) is 0 Å². The van der Waals surface area contributed by atoms with Gasteiger partial charge < -0.3 is 44.5 Å². The highest BCUT2D eigenvalue weighted by Crippen LogP contribution is 2.42. The summed E-state index contributed by atoms with van der Waals surface area (Å²) in [5.41, 5.74) is -1.92. The van der Waals surface area contributed by atoms with Gasteiger partial charge >= 0.3 is 12.1 Å². The quantitative estimate of drug-likeness (QED) is 0.255. The van der Waals surface area contributed by atoms with E-state index in [2.05, 4.69) is 27.4 Å². The zero-order chi connectivity index (χ0) is 36.4. The fraction of sp³-hybridized carbons (Fsp3) is 0.919. The van der Waals surface area contributed by atoms with Gasteiger partial charge in [0.15, 0.2) is 5.60 Å². The van der Waals surface area contributed by atoms with Gasteiger partial charge in [-0.25, -0.2) is 4.79 Å². The summed E-state index contributed by atoms with van der Waals surface area (Å²) >= 11 is 0. The number of Topliss-reactive ketones (excluding diaryl/α,β-unsaturated/α-hetero) is 1. The van der Waals surface area contributed by atoms with Gasteiger partial charge in [-0.05, 0) is 99.2 Å². The number of aliphatic hydroxyl groups excluding tert-OH is 1. The van der Waals surface area contributed by atoms with Crippen LogP contribution in [0.25, 0.3) is 0 Å². The first kappa shape index (κ1) is 39.9. The van der Waals surface area contributed by atoms with Gasteiger partial charge in [0.1, 0.15) is 17.8 Å². The second-order valence-corrected chi connectivity index (χ2v) is 16.4. The molecule has 3 N–H and O–H groups in total. The highest BCUT2D eigenvalue weighted by Gasteiger charge is 2.56. The number of ether oxygens (including phenoxy) is 4. The number of aliphatic hydroxyl groups is 1. The number of nitrogens with zero attached hydrogens (tertiary/aromatic N) is 2. The number of hydrogen-bond donors (Lipinski definition) is 3. The van der Waals surface area contributed by atoms with Crippen LogP contribution in [0.2, 0.25) is 0 Å². The van der Waals surface area contributed by atoms with Crippen LogP contribution in [-0.2, 0) is 28.5 Å². The van der Waals surface area contributed by atoms with Crippen LogP contribution in [0, 0.1) is 23.7 Å². The van der Waals surface area contributed by atoms with Crippen molar-refractivity contribution in [1.29, 1.82) is 0 Å². The minimum Gasteiger partial charge on any atom is -0.458 e. The van der Waals surface area contributed by atoms with Gasteiger partial charge in [-0.1, -0.05) is 27.2 Å². The van der Waals surface area contributed by atoms with Crippen LogP contribution >= 0.6 is 0 Å². The van der Waals surface area contributed by atoms with Crippen LogP contribution < -0.4 is 10.6 Å². The fourth-order valence-corrected chi connectivity index (χ4v) is 9.07. The van der Waals surface area contributed by atoms with E-state index in [4.69, 9.17) is 18.9 Å². The van der Waals surface area contributed by atoms with Crippen molar-refractivity contribution in [3.05, 3.63) is 0 Å². The van der Waals surface area contributed by atoms with Crippen LogP contribution in [0.3, 0.4) is 0 Å². The Morgan fingerprint density at radius 3 is 2.37 bits per heavy atom. The standard InChI is InChI=1S/C37H66N4O8/c1-12-30-37(7)33(39-35(45)49-37)24(5)41(10)20-21(2)18-36(6,46-11)27(22(3)31(42)23(4)34(44)48-30)17-29-32(43)28(40(8)9)16-26(47-29)19-38-25-14-13-15-25/h21-30,32-33,38,43H,12-20H2,1-11H3,(H,39,45)/t21-,22-,23?,24-,26+,27-,28+,29+,30-,32-,33-,36-,37-/m1/s1. The summed E-state index contributed by atoms with van der Waals surface area (Å²) in [4.78, 5) is 45.0. The number of carbonyl (C=O) groups excluding carboxylic acids is 3. The molecular weight excluding hydrogens is 628 g/mol. The normalized spacial score (nSPS) is 43.5. The third-order valence-electron chi connectivity index (χ3n) is 12.6. The predicted octanol–water partition coefficient (Wildman–Crippen LogP) is 3.38. The molecule has 282 valence electrons. The highest BCUT2D eigenvalue weighted by atomic mass is 16.6. The zero-order valence-corrected chi connectivity index (χ0v) is 32.0. The first-order valence-electron chi connectivity index (χ1n) is 18.7. The number of nitrogens with one attached hydrogen (secondary N) is 2. The summed E-state index contributed by atoms with van der Waals surface area (Å²) in [6, 6.07) is -0.191. The van der Waals surface area contributed by atoms with E-state index in [1.807, 2.05) is 55.8 Å². The van der Waals surface area contributed by atoms with E-state index in [0.717, 1.165) is 0 Å². The fourth-order valence-electron chi connectivity index (χ4n) is 9.07. The van der Waals surface area contributed by atoms with Gasteiger partial charge in [0.2, 0.25) is 0 Å². The van der Waals surface area contributed by atoms with Crippen molar-refractivity contribution >= 4 is 17.8 Å². The molecule has 0 aromatic rings. The first-order valence-corrected chi connectivity index (χ1v) is 18.7. The molecule has 0 aromatic heterocycles. The van der Waals surface area contributed by atoms with Crippen molar-refractivity contribution in [3.8, 4) is 0 Å². The van der Waals surface area contributed by atoms with Crippen molar-refractivity contribution in [3.63, 3.8) is 0 Å². The number of likely N-dealkylation sites (N-methyl/N-ethyl adjacent to an activating group) is 2. The van der Waals surface area contributed by atoms with Crippen molar-refractivity contribution < 1.29 is 38.4 Å². The number of cyclic esters (lactones) is 1. The number of carbonyl (C=O) groups is 3. The van der Waals surface area contributed by atoms with Crippen LogP contribution in [0.1, 0.15) is 93.4 Å². The van der Waals surface area contributed by atoms with E-state index in [9.17, 15) is 19.5 Å².